The average molecular weight is 468 g/mol. The Bertz CT molecular complexity index is 1450. The second-order valence-electron chi connectivity index (χ2n) is 9.14. The minimum Gasteiger partial charge on any atom is -0.494 e. The lowest BCUT2D eigenvalue weighted by Gasteiger charge is -2.26. The Balaban J connectivity index is 1.62. The van der Waals surface area contributed by atoms with Crippen molar-refractivity contribution in [2.45, 2.75) is 46.1 Å². The summed E-state index contributed by atoms with van der Waals surface area (Å²) < 4.78 is 11.9. The number of carbonyl (C=O) groups is 1. The first-order chi connectivity index (χ1) is 17.0. The van der Waals surface area contributed by atoms with Crippen LogP contribution in [0, 0.1) is 13.8 Å². The highest BCUT2D eigenvalue weighted by atomic mass is 16.5. The quantitative estimate of drug-likeness (QED) is 0.283. The number of amides is 1. The predicted molar refractivity (Wildman–Crippen MR) is 139 cm³/mol. The van der Waals surface area contributed by atoms with E-state index in [1.165, 1.54) is 0 Å². The van der Waals surface area contributed by atoms with Gasteiger partial charge in [-0.3, -0.25) is 14.5 Å². The molecule has 1 aromatic heterocycles. The van der Waals surface area contributed by atoms with E-state index < -0.39 is 6.04 Å². The molecular formula is C30H29NO4. The van der Waals surface area contributed by atoms with Crippen LogP contribution in [0.5, 0.6) is 5.75 Å². The van der Waals surface area contributed by atoms with Crippen LogP contribution in [0.4, 0.5) is 5.69 Å². The molecule has 1 unspecified atom stereocenters. The summed E-state index contributed by atoms with van der Waals surface area (Å²) in [7, 11) is 0. The maximum atomic E-state index is 13.7. The van der Waals surface area contributed by atoms with Gasteiger partial charge < -0.3 is 9.15 Å². The van der Waals surface area contributed by atoms with Crippen LogP contribution in [0.15, 0.2) is 75.9 Å². The lowest BCUT2D eigenvalue weighted by atomic mass is 9.98. The third-order valence-electron chi connectivity index (χ3n) is 6.76. The Morgan fingerprint density at radius 2 is 1.69 bits per heavy atom. The molecule has 1 aliphatic rings. The van der Waals surface area contributed by atoms with Crippen LogP contribution >= 0.6 is 0 Å². The second-order valence-corrected chi connectivity index (χ2v) is 9.14. The Labute approximate surface area is 205 Å². The summed E-state index contributed by atoms with van der Waals surface area (Å²) in [4.78, 5) is 29.0. The lowest BCUT2D eigenvalue weighted by molar-refractivity contribution is 0.0971. The monoisotopic (exact) mass is 467 g/mol. The number of ether oxygens (including phenoxy) is 1. The van der Waals surface area contributed by atoms with Crippen molar-refractivity contribution in [3.8, 4) is 5.75 Å². The highest BCUT2D eigenvalue weighted by Crippen LogP contribution is 2.41. The minimum atomic E-state index is -0.588. The Morgan fingerprint density at radius 3 is 2.43 bits per heavy atom. The summed E-state index contributed by atoms with van der Waals surface area (Å²) in [5.74, 6) is 0.575. The molecule has 0 bridgehead atoms. The molecule has 178 valence electrons. The van der Waals surface area contributed by atoms with Gasteiger partial charge >= 0.3 is 0 Å². The molecule has 0 N–H and O–H groups in total. The number of anilines is 1. The summed E-state index contributed by atoms with van der Waals surface area (Å²) in [6.07, 6.45) is 3.29. The van der Waals surface area contributed by atoms with E-state index in [-0.39, 0.29) is 17.1 Å². The average Bonchev–Trinajstić information content (AvgIpc) is 3.16. The van der Waals surface area contributed by atoms with Gasteiger partial charge in [0.15, 0.2) is 5.43 Å². The normalized spacial score (nSPS) is 15.0. The van der Waals surface area contributed by atoms with E-state index in [4.69, 9.17) is 9.15 Å². The van der Waals surface area contributed by atoms with Gasteiger partial charge in [-0.2, -0.15) is 0 Å². The molecular weight excluding hydrogens is 438 g/mol. The second kappa shape index (κ2) is 9.41. The van der Waals surface area contributed by atoms with Crippen molar-refractivity contribution in [2.75, 3.05) is 11.5 Å². The van der Waals surface area contributed by atoms with Gasteiger partial charge in [0.25, 0.3) is 5.91 Å². The molecule has 5 nitrogen and oxygen atoms in total. The molecule has 0 saturated heterocycles. The maximum Gasteiger partial charge on any atom is 0.295 e. The lowest BCUT2D eigenvalue weighted by Crippen LogP contribution is -2.29. The number of fused-ring (bicyclic) bond motifs is 2. The van der Waals surface area contributed by atoms with E-state index >= 15 is 0 Å². The summed E-state index contributed by atoms with van der Waals surface area (Å²) >= 11 is 0. The van der Waals surface area contributed by atoms with Crippen LogP contribution in [0.1, 0.15) is 65.0 Å². The van der Waals surface area contributed by atoms with Crippen molar-refractivity contribution >= 4 is 22.6 Å². The predicted octanol–water partition coefficient (Wildman–Crippen LogP) is 6.73. The van der Waals surface area contributed by atoms with Crippen molar-refractivity contribution < 1.29 is 13.9 Å². The van der Waals surface area contributed by atoms with E-state index in [2.05, 4.69) is 6.92 Å². The van der Waals surface area contributed by atoms with Gasteiger partial charge in [0.1, 0.15) is 11.3 Å². The number of hydrogen-bond donors (Lipinski definition) is 0. The summed E-state index contributed by atoms with van der Waals surface area (Å²) in [6.45, 7) is 6.89. The zero-order chi connectivity index (χ0) is 24.5. The van der Waals surface area contributed by atoms with E-state index in [0.29, 0.717) is 23.1 Å². The zero-order valence-corrected chi connectivity index (χ0v) is 20.3. The fraction of sp³-hybridized carbons (Fsp3) is 0.267. The number of carbonyl (C=O) groups excluding carboxylic acids is 1. The third kappa shape index (κ3) is 4.12. The van der Waals surface area contributed by atoms with Crippen molar-refractivity contribution in [1.82, 2.24) is 0 Å². The van der Waals surface area contributed by atoms with Crippen molar-refractivity contribution in [1.29, 1.82) is 0 Å². The molecule has 0 spiro atoms. The molecule has 4 aromatic rings. The van der Waals surface area contributed by atoms with Gasteiger partial charge in [-0.25, -0.2) is 0 Å². The molecule has 35 heavy (non-hydrogen) atoms. The molecule has 0 radical (unpaired) electrons. The van der Waals surface area contributed by atoms with Crippen LogP contribution < -0.4 is 15.1 Å². The van der Waals surface area contributed by atoms with Gasteiger partial charge in [0, 0.05) is 5.69 Å². The number of unbranched alkanes of at least 4 members (excludes halogenated alkanes) is 2. The standard InChI is InChI=1S/C30H29NO4/c1-4-5-8-17-34-23-15-12-21(13-16-23)27-26-28(32)24-9-6-7-10-25(24)35-29(26)30(33)31(27)22-14-11-19(2)20(3)18-22/h6-7,9-16,18,27H,4-5,8,17H2,1-3H3. The highest BCUT2D eigenvalue weighted by molar-refractivity contribution is 6.10. The molecule has 2 heterocycles. The Morgan fingerprint density at radius 1 is 0.914 bits per heavy atom. The first kappa shape index (κ1) is 22.9. The molecule has 5 rings (SSSR count). The fourth-order valence-electron chi connectivity index (χ4n) is 4.67. The van der Waals surface area contributed by atoms with Crippen molar-refractivity contribution in [3.05, 3.63) is 105 Å². The fourth-order valence-corrected chi connectivity index (χ4v) is 4.67. The topological polar surface area (TPSA) is 59.8 Å². The molecule has 1 atom stereocenters. The van der Waals surface area contributed by atoms with Gasteiger partial charge in [0.2, 0.25) is 5.76 Å². The van der Waals surface area contributed by atoms with Crippen LogP contribution in [0.2, 0.25) is 0 Å². The smallest absolute Gasteiger partial charge is 0.295 e. The summed E-state index contributed by atoms with van der Waals surface area (Å²) in [6, 6.07) is 20.1. The molecule has 1 amide bonds. The largest absolute Gasteiger partial charge is 0.494 e. The molecule has 0 fully saturated rings. The number of nitrogens with zero attached hydrogens (tertiary/aromatic N) is 1. The van der Waals surface area contributed by atoms with Gasteiger partial charge in [-0.15, -0.1) is 0 Å². The van der Waals surface area contributed by atoms with Crippen LogP contribution in [-0.4, -0.2) is 12.5 Å². The van der Waals surface area contributed by atoms with E-state index in [1.54, 1.807) is 23.1 Å². The number of hydrogen-bond acceptors (Lipinski definition) is 4. The molecule has 0 aliphatic carbocycles. The van der Waals surface area contributed by atoms with Crippen LogP contribution in [0.3, 0.4) is 0 Å². The number of aryl methyl sites for hydroxylation is 2. The SMILES string of the molecule is CCCCCOc1ccc(C2c3c(oc4ccccc4c3=O)C(=O)N2c2ccc(C)c(C)c2)cc1. The Kier molecular flexibility index (Phi) is 6.16. The van der Waals surface area contributed by atoms with Crippen LogP contribution in [-0.2, 0) is 0 Å². The van der Waals surface area contributed by atoms with Crippen LogP contribution in [0.25, 0.3) is 11.0 Å². The Hall–Kier alpha value is -3.86. The summed E-state index contributed by atoms with van der Waals surface area (Å²) in [5.41, 5.74) is 4.40. The van der Waals surface area contributed by atoms with E-state index in [0.717, 1.165) is 47.4 Å². The molecule has 3 aromatic carbocycles. The molecule has 1 aliphatic heterocycles. The highest BCUT2D eigenvalue weighted by Gasteiger charge is 2.43. The van der Waals surface area contributed by atoms with Gasteiger partial charge in [-0.1, -0.05) is 50.1 Å². The minimum absolute atomic E-state index is 0.108. The van der Waals surface area contributed by atoms with E-state index in [9.17, 15) is 9.59 Å². The molecule has 5 heteroatoms. The number of benzene rings is 3. The van der Waals surface area contributed by atoms with E-state index in [1.807, 2.05) is 62.4 Å². The molecule has 0 saturated carbocycles. The van der Waals surface area contributed by atoms with Crippen molar-refractivity contribution in [3.63, 3.8) is 0 Å². The van der Waals surface area contributed by atoms with Crippen molar-refractivity contribution in [2.24, 2.45) is 0 Å². The first-order valence-electron chi connectivity index (χ1n) is 12.2. The number of para-hydroxylation sites is 1. The van der Waals surface area contributed by atoms with Gasteiger partial charge in [-0.05, 0) is 73.4 Å². The maximum absolute atomic E-state index is 13.7. The number of rotatable bonds is 7. The van der Waals surface area contributed by atoms with Gasteiger partial charge in [0.05, 0.1) is 23.6 Å². The zero-order valence-electron chi connectivity index (χ0n) is 20.3. The third-order valence-corrected chi connectivity index (χ3v) is 6.76. The summed E-state index contributed by atoms with van der Waals surface area (Å²) in [5, 5.41) is 0.474. The first-order valence-corrected chi connectivity index (χ1v) is 12.2.